The van der Waals surface area contributed by atoms with Gasteiger partial charge in [0, 0.05) is 19.6 Å². The molecule has 0 amide bonds. The van der Waals surface area contributed by atoms with Gasteiger partial charge in [-0.15, -0.1) is 0 Å². The molecular weight excluding hydrogens is 212 g/mol. The molecule has 0 bridgehead atoms. The molecule has 3 nitrogen and oxygen atoms in total. The van der Waals surface area contributed by atoms with Crippen molar-refractivity contribution in [2.45, 2.75) is 13.8 Å². The Morgan fingerprint density at radius 2 is 1.88 bits per heavy atom. The van der Waals surface area contributed by atoms with Gasteiger partial charge >= 0.3 is 0 Å². The van der Waals surface area contributed by atoms with Crippen LogP contribution in [-0.4, -0.2) is 44.2 Å². The third-order valence-electron chi connectivity index (χ3n) is 2.72. The fourth-order valence-electron chi connectivity index (χ4n) is 1.65. The molecule has 0 radical (unpaired) electrons. The monoisotopic (exact) mass is 236 g/mol. The van der Waals surface area contributed by atoms with Crippen LogP contribution in [0, 0.1) is 0 Å². The molecular formula is C14H24N2O. The van der Waals surface area contributed by atoms with Gasteiger partial charge in [-0.2, -0.15) is 0 Å². The first kappa shape index (κ1) is 14.0. The molecule has 0 atom stereocenters. The minimum Gasteiger partial charge on any atom is -0.492 e. The number of likely N-dealkylation sites (N-methyl/N-ethyl adjacent to an activating group) is 2. The van der Waals surface area contributed by atoms with Crippen molar-refractivity contribution in [2.75, 3.05) is 39.3 Å². The van der Waals surface area contributed by atoms with Crippen molar-refractivity contribution in [3.8, 4) is 5.75 Å². The number of hydrogen-bond donors (Lipinski definition) is 1. The fraction of sp³-hybridized carbons (Fsp3) is 0.571. The Morgan fingerprint density at radius 3 is 2.53 bits per heavy atom. The molecule has 3 heteroatoms. The van der Waals surface area contributed by atoms with E-state index in [0.29, 0.717) is 0 Å². The molecule has 0 aromatic heterocycles. The van der Waals surface area contributed by atoms with E-state index in [1.165, 1.54) is 0 Å². The van der Waals surface area contributed by atoms with Gasteiger partial charge < -0.3 is 10.1 Å². The lowest BCUT2D eigenvalue weighted by molar-refractivity contribution is 0.216. The maximum atomic E-state index is 5.68. The first-order chi connectivity index (χ1) is 8.36. The van der Waals surface area contributed by atoms with Crippen molar-refractivity contribution in [3.63, 3.8) is 0 Å². The highest BCUT2D eigenvalue weighted by Gasteiger charge is 2.01. The summed E-state index contributed by atoms with van der Waals surface area (Å²) in [5.41, 5.74) is 0. The second kappa shape index (κ2) is 9.02. The van der Waals surface area contributed by atoms with Crippen molar-refractivity contribution in [1.82, 2.24) is 10.2 Å². The van der Waals surface area contributed by atoms with Gasteiger partial charge in [0.15, 0.2) is 0 Å². The van der Waals surface area contributed by atoms with E-state index in [4.69, 9.17) is 4.74 Å². The number of nitrogens with one attached hydrogen (secondary N) is 1. The second-order valence-corrected chi connectivity index (χ2v) is 3.95. The summed E-state index contributed by atoms with van der Waals surface area (Å²) < 4.78 is 5.68. The average molecular weight is 236 g/mol. The van der Waals surface area contributed by atoms with E-state index in [0.717, 1.165) is 45.1 Å². The predicted octanol–water partition coefficient (Wildman–Crippen LogP) is 2.00. The van der Waals surface area contributed by atoms with E-state index in [9.17, 15) is 0 Å². The molecule has 0 aliphatic carbocycles. The van der Waals surface area contributed by atoms with E-state index in [2.05, 4.69) is 24.1 Å². The van der Waals surface area contributed by atoms with Crippen molar-refractivity contribution in [3.05, 3.63) is 30.3 Å². The standard InChI is InChI=1S/C14H24N2O/c1-3-15-10-11-16(4-2)12-13-17-14-8-6-5-7-9-14/h5-9,15H,3-4,10-13H2,1-2H3. The first-order valence-electron chi connectivity index (χ1n) is 6.47. The summed E-state index contributed by atoms with van der Waals surface area (Å²) >= 11 is 0. The Morgan fingerprint density at radius 1 is 1.12 bits per heavy atom. The van der Waals surface area contributed by atoms with Crippen molar-refractivity contribution in [2.24, 2.45) is 0 Å². The van der Waals surface area contributed by atoms with E-state index in [-0.39, 0.29) is 0 Å². The number of rotatable bonds is 9. The quantitative estimate of drug-likeness (QED) is 0.664. The minimum atomic E-state index is 0.754. The summed E-state index contributed by atoms with van der Waals surface area (Å²) in [6, 6.07) is 9.99. The summed E-state index contributed by atoms with van der Waals surface area (Å²) in [4.78, 5) is 2.39. The molecule has 1 rings (SSSR count). The average Bonchev–Trinajstić information content (AvgIpc) is 2.38. The number of para-hydroxylation sites is 1. The van der Waals surface area contributed by atoms with Crippen LogP contribution in [0.15, 0.2) is 30.3 Å². The molecule has 1 N–H and O–H groups in total. The van der Waals surface area contributed by atoms with Gasteiger partial charge in [0.05, 0.1) is 0 Å². The molecule has 0 unspecified atom stereocenters. The van der Waals surface area contributed by atoms with Crippen LogP contribution >= 0.6 is 0 Å². The van der Waals surface area contributed by atoms with Crippen LogP contribution in [0.1, 0.15) is 13.8 Å². The van der Waals surface area contributed by atoms with E-state index < -0.39 is 0 Å². The Bertz CT molecular complexity index is 277. The zero-order chi connectivity index (χ0) is 12.3. The van der Waals surface area contributed by atoms with Crippen LogP contribution in [0.3, 0.4) is 0 Å². The first-order valence-corrected chi connectivity index (χ1v) is 6.47. The third-order valence-corrected chi connectivity index (χ3v) is 2.72. The highest BCUT2D eigenvalue weighted by Crippen LogP contribution is 2.07. The smallest absolute Gasteiger partial charge is 0.119 e. The molecule has 0 aliphatic rings. The zero-order valence-electron chi connectivity index (χ0n) is 11.0. The van der Waals surface area contributed by atoms with E-state index in [1.54, 1.807) is 0 Å². The van der Waals surface area contributed by atoms with Gasteiger partial charge in [0.2, 0.25) is 0 Å². The number of hydrogen-bond acceptors (Lipinski definition) is 3. The van der Waals surface area contributed by atoms with Crippen LogP contribution < -0.4 is 10.1 Å². The molecule has 0 spiro atoms. The lowest BCUT2D eigenvalue weighted by atomic mass is 10.3. The Balaban J connectivity index is 2.15. The Kier molecular flexibility index (Phi) is 7.43. The highest BCUT2D eigenvalue weighted by molar-refractivity contribution is 5.20. The van der Waals surface area contributed by atoms with Gasteiger partial charge in [-0.3, -0.25) is 4.90 Å². The van der Waals surface area contributed by atoms with Gasteiger partial charge in [-0.1, -0.05) is 32.0 Å². The van der Waals surface area contributed by atoms with E-state index in [1.807, 2.05) is 30.3 Å². The van der Waals surface area contributed by atoms with E-state index >= 15 is 0 Å². The topological polar surface area (TPSA) is 24.5 Å². The Labute approximate surface area is 105 Å². The number of ether oxygens (including phenoxy) is 1. The van der Waals surface area contributed by atoms with Crippen molar-refractivity contribution in [1.29, 1.82) is 0 Å². The van der Waals surface area contributed by atoms with Crippen LogP contribution in [0.2, 0.25) is 0 Å². The summed E-state index contributed by atoms with van der Waals surface area (Å²) in [6.07, 6.45) is 0. The predicted molar refractivity (Wildman–Crippen MR) is 72.6 cm³/mol. The summed E-state index contributed by atoms with van der Waals surface area (Å²) in [5.74, 6) is 0.954. The van der Waals surface area contributed by atoms with Gasteiger partial charge in [0.25, 0.3) is 0 Å². The van der Waals surface area contributed by atoms with Crippen molar-refractivity contribution >= 4 is 0 Å². The largest absolute Gasteiger partial charge is 0.492 e. The highest BCUT2D eigenvalue weighted by atomic mass is 16.5. The summed E-state index contributed by atoms with van der Waals surface area (Å²) in [5, 5.41) is 3.34. The fourth-order valence-corrected chi connectivity index (χ4v) is 1.65. The third kappa shape index (κ3) is 6.29. The zero-order valence-corrected chi connectivity index (χ0v) is 11.0. The van der Waals surface area contributed by atoms with Crippen LogP contribution in [0.25, 0.3) is 0 Å². The van der Waals surface area contributed by atoms with Gasteiger partial charge in [0.1, 0.15) is 12.4 Å². The van der Waals surface area contributed by atoms with Gasteiger partial charge in [-0.05, 0) is 25.2 Å². The molecule has 0 heterocycles. The number of nitrogens with zero attached hydrogens (tertiary/aromatic N) is 1. The lowest BCUT2D eigenvalue weighted by Crippen LogP contribution is -2.34. The maximum Gasteiger partial charge on any atom is 0.119 e. The molecule has 17 heavy (non-hydrogen) atoms. The molecule has 0 fully saturated rings. The second-order valence-electron chi connectivity index (χ2n) is 3.95. The molecule has 1 aromatic rings. The normalized spacial score (nSPS) is 10.8. The van der Waals surface area contributed by atoms with Crippen molar-refractivity contribution < 1.29 is 4.74 Å². The van der Waals surface area contributed by atoms with Crippen LogP contribution in [-0.2, 0) is 0 Å². The van der Waals surface area contributed by atoms with Crippen LogP contribution in [0.5, 0.6) is 5.75 Å². The molecule has 0 aliphatic heterocycles. The minimum absolute atomic E-state index is 0.754. The molecule has 0 saturated carbocycles. The van der Waals surface area contributed by atoms with Gasteiger partial charge in [-0.25, -0.2) is 0 Å². The summed E-state index contributed by atoms with van der Waals surface area (Å²) in [7, 11) is 0. The lowest BCUT2D eigenvalue weighted by Gasteiger charge is -2.20. The summed E-state index contributed by atoms with van der Waals surface area (Å²) in [6.45, 7) is 10.3. The van der Waals surface area contributed by atoms with Crippen LogP contribution in [0.4, 0.5) is 0 Å². The molecule has 96 valence electrons. The maximum absolute atomic E-state index is 5.68. The molecule has 1 aromatic carbocycles. The molecule has 0 saturated heterocycles. The number of benzene rings is 1. The SMILES string of the molecule is CCNCCN(CC)CCOc1ccccc1. The Hall–Kier alpha value is -1.06.